The summed E-state index contributed by atoms with van der Waals surface area (Å²) < 4.78 is 11.0. The highest BCUT2D eigenvalue weighted by molar-refractivity contribution is 5.97. The molecule has 4 heteroatoms. The highest BCUT2D eigenvalue weighted by Gasteiger charge is 2.16. The zero-order valence-electron chi connectivity index (χ0n) is 15.2. The standard InChI is InChI=1S/C21H25NO3/c1-14(2)20-18(24-3)12-16(13-19(20)25-4)11-17(21(22)23)10-15-8-6-5-7-9-15/h5-9,11-14H,10H2,1-4H3,(H2,22,23). The highest BCUT2D eigenvalue weighted by Crippen LogP contribution is 2.37. The molecular formula is C21H25NO3. The van der Waals surface area contributed by atoms with Gasteiger partial charge in [-0.1, -0.05) is 44.2 Å². The maximum absolute atomic E-state index is 11.9. The first kappa shape index (κ1) is 18.6. The molecule has 0 aliphatic carbocycles. The average molecular weight is 339 g/mol. The van der Waals surface area contributed by atoms with Gasteiger partial charge in [0.1, 0.15) is 11.5 Å². The van der Waals surface area contributed by atoms with Gasteiger partial charge in [0.2, 0.25) is 5.91 Å². The minimum absolute atomic E-state index is 0.253. The van der Waals surface area contributed by atoms with Gasteiger partial charge >= 0.3 is 0 Å². The lowest BCUT2D eigenvalue weighted by molar-refractivity contribution is -0.114. The Balaban J connectivity index is 2.47. The Morgan fingerprint density at radius 3 is 2.08 bits per heavy atom. The van der Waals surface area contributed by atoms with Crippen molar-refractivity contribution < 1.29 is 14.3 Å². The largest absolute Gasteiger partial charge is 0.496 e. The summed E-state index contributed by atoms with van der Waals surface area (Å²) in [7, 11) is 3.26. The van der Waals surface area contributed by atoms with Gasteiger partial charge in [0, 0.05) is 17.6 Å². The van der Waals surface area contributed by atoms with Gasteiger partial charge in [0.25, 0.3) is 0 Å². The maximum atomic E-state index is 11.9. The van der Waals surface area contributed by atoms with Crippen LogP contribution in [0.4, 0.5) is 0 Å². The second-order valence-electron chi connectivity index (χ2n) is 6.19. The van der Waals surface area contributed by atoms with Crippen molar-refractivity contribution >= 4 is 12.0 Å². The molecule has 4 nitrogen and oxygen atoms in total. The number of methoxy groups -OCH3 is 2. The van der Waals surface area contributed by atoms with E-state index in [-0.39, 0.29) is 5.92 Å². The van der Waals surface area contributed by atoms with Gasteiger partial charge in [-0.05, 0) is 35.3 Å². The number of hydrogen-bond donors (Lipinski definition) is 1. The van der Waals surface area contributed by atoms with Crippen LogP contribution in [0.2, 0.25) is 0 Å². The minimum atomic E-state index is -0.435. The van der Waals surface area contributed by atoms with E-state index in [4.69, 9.17) is 15.2 Å². The Kier molecular flexibility index (Phi) is 6.23. The summed E-state index contributed by atoms with van der Waals surface area (Å²) in [5.41, 5.74) is 8.98. The fourth-order valence-corrected chi connectivity index (χ4v) is 2.84. The van der Waals surface area contributed by atoms with Crippen LogP contribution in [-0.2, 0) is 11.2 Å². The topological polar surface area (TPSA) is 61.5 Å². The average Bonchev–Trinajstić information content (AvgIpc) is 2.60. The second-order valence-corrected chi connectivity index (χ2v) is 6.19. The lowest BCUT2D eigenvalue weighted by Crippen LogP contribution is -2.15. The minimum Gasteiger partial charge on any atom is -0.496 e. The Hall–Kier alpha value is -2.75. The van der Waals surface area contributed by atoms with Crippen molar-refractivity contribution in [2.24, 2.45) is 5.73 Å². The Bertz CT molecular complexity index is 739. The van der Waals surface area contributed by atoms with Crippen molar-refractivity contribution in [2.75, 3.05) is 14.2 Å². The second kappa shape index (κ2) is 8.38. The molecule has 0 unspecified atom stereocenters. The molecule has 2 aromatic rings. The van der Waals surface area contributed by atoms with E-state index < -0.39 is 5.91 Å². The number of ether oxygens (including phenoxy) is 2. The van der Waals surface area contributed by atoms with Crippen LogP contribution in [0.1, 0.15) is 36.5 Å². The predicted molar refractivity (Wildman–Crippen MR) is 101 cm³/mol. The summed E-state index contributed by atoms with van der Waals surface area (Å²) in [5.74, 6) is 1.30. The van der Waals surface area contributed by atoms with Crippen molar-refractivity contribution in [2.45, 2.75) is 26.2 Å². The van der Waals surface area contributed by atoms with Crippen molar-refractivity contribution in [1.82, 2.24) is 0 Å². The Morgan fingerprint density at radius 1 is 1.08 bits per heavy atom. The molecule has 2 rings (SSSR count). The first-order valence-electron chi connectivity index (χ1n) is 8.26. The molecule has 0 heterocycles. The van der Waals surface area contributed by atoms with Gasteiger partial charge in [-0.25, -0.2) is 0 Å². The third kappa shape index (κ3) is 4.63. The number of primary amides is 1. The molecule has 0 saturated carbocycles. The van der Waals surface area contributed by atoms with Crippen molar-refractivity contribution in [1.29, 1.82) is 0 Å². The molecule has 0 radical (unpaired) electrons. The van der Waals surface area contributed by atoms with Crippen LogP contribution in [-0.4, -0.2) is 20.1 Å². The van der Waals surface area contributed by atoms with Crippen LogP contribution < -0.4 is 15.2 Å². The lowest BCUT2D eigenvalue weighted by Gasteiger charge is -2.17. The summed E-state index contributed by atoms with van der Waals surface area (Å²) in [6.45, 7) is 4.17. The molecule has 2 aromatic carbocycles. The van der Waals surface area contributed by atoms with Gasteiger partial charge in [-0.3, -0.25) is 4.79 Å². The molecule has 0 aliphatic heterocycles. The van der Waals surface area contributed by atoms with E-state index in [0.29, 0.717) is 12.0 Å². The first-order valence-corrected chi connectivity index (χ1v) is 8.26. The summed E-state index contributed by atoms with van der Waals surface area (Å²) in [4.78, 5) is 11.9. The van der Waals surface area contributed by atoms with Crippen LogP contribution in [0.3, 0.4) is 0 Å². The quantitative estimate of drug-likeness (QED) is 0.777. The van der Waals surface area contributed by atoms with E-state index in [1.165, 1.54) is 0 Å². The lowest BCUT2D eigenvalue weighted by atomic mass is 9.96. The smallest absolute Gasteiger partial charge is 0.244 e. The zero-order chi connectivity index (χ0) is 18.4. The Labute approximate surface area is 149 Å². The molecule has 0 bridgehead atoms. The monoisotopic (exact) mass is 339 g/mol. The number of amides is 1. The zero-order valence-corrected chi connectivity index (χ0v) is 15.2. The fourth-order valence-electron chi connectivity index (χ4n) is 2.84. The third-order valence-electron chi connectivity index (χ3n) is 4.04. The normalized spacial score (nSPS) is 11.5. The number of carbonyl (C=O) groups is 1. The summed E-state index contributed by atoms with van der Waals surface area (Å²) in [6, 6.07) is 13.6. The van der Waals surface area contributed by atoms with Crippen molar-refractivity contribution in [3.63, 3.8) is 0 Å². The van der Waals surface area contributed by atoms with Crippen LogP contribution in [0.5, 0.6) is 11.5 Å². The van der Waals surface area contributed by atoms with E-state index in [2.05, 4.69) is 13.8 Å². The number of carbonyl (C=O) groups excluding carboxylic acids is 1. The van der Waals surface area contributed by atoms with Crippen LogP contribution in [0.25, 0.3) is 6.08 Å². The van der Waals surface area contributed by atoms with E-state index in [1.54, 1.807) is 20.3 Å². The number of hydrogen-bond acceptors (Lipinski definition) is 3. The molecule has 0 atom stereocenters. The summed E-state index contributed by atoms with van der Waals surface area (Å²) in [6.07, 6.45) is 2.28. The van der Waals surface area contributed by atoms with Gasteiger partial charge in [-0.15, -0.1) is 0 Å². The SMILES string of the molecule is COc1cc(C=C(Cc2ccccc2)C(N)=O)cc(OC)c1C(C)C. The summed E-state index contributed by atoms with van der Waals surface area (Å²) >= 11 is 0. The number of benzene rings is 2. The molecule has 2 N–H and O–H groups in total. The molecule has 1 amide bonds. The fraction of sp³-hybridized carbons (Fsp3) is 0.286. The molecule has 25 heavy (non-hydrogen) atoms. The van der Waals surface area contributed by atoms with Gasteiger partial charge in [-0.2, -0.15) is 0 Å². The number of rotatable bonds is 7. The van der Waals surface area contributed by atoms with E-state index in [1.807, 2.05) is 42.5 Å². The van der Waals surface area contributed by atoms with Crippen LogP contribution in [0.15, 0.2) is 48.0 Å². The molecule has 0 saturated heterocycles. The molecule has 132 valence electrons. The predicted octanol–water partition coefficient (Wildman–Crippen LogP) is 3.94. The Morgan fingerprint density at radius 2 is 1.64 bits per heavy atom. The van der Waals surface area contributed by atoms with Crippen molar-refractivity contribution in [3.8, 4) is 11.5 Å². The van der Waals surface area contributed by atoms with Crippen LogP contribution >= 0.6 is 0 Å². The first-order chi connectivity index (χ1) is 12.0. The van der Waals surface area contributed by atoms with Crippen molar-refractivity contribution in [3.05, 3.63) is 64.7 Å². The maximum Gasteiger partial charge on any atom is 0.244 e. The molecule has 0 aromatic heterocycles. The van der Waals surface area contributed by atoms with E-state index in [0.717, 1.165) is 28.2 Å². The van der Waals surface area contributed by atoms with Crippen LogP contribution in [0, 0.1) is 0 Å². The van der Waals surface area contributed by atoms with Gasteiger partial charge < -0.3 is 15.2 Å². The van der Waals surface area contributed by atoms with Gasteiger partial charge in [0.05, 0.1) is 14.2 Å². The third-order valence-corrected chi connectivity index (χ3v) is 4.04. The molecule has 0 spiro atoms. The molecule has 0 fully saturated rings. The van der Waals surface area contributed by atoms with E-state index >= 15 is 0 Å². The number of nitrogens with two attached hydrogens (primary N) is 1. The van der Waals surface area contributed by atoms with Gasteiger partial charge in [0.15, 0.2) is 0 Å². The van der Waals surface area contributed by atoms with E-state index in [9.17, 15) is 4.79 Å². The summed E-state index contributed by atoms with van der Waals surface area (Å²) in [5, 5.41) is 0. The highest BCUT2D eigenvalue weighted by atomic mass is 16.5. The molecular weight excluding hydrogens is 314 g/mol. The molecule has 0 aliphatic rings.